The molecular weight excluding hydrogens is 226 g/mol. The zero-order chi connectivity index (χ0) is 13.1. The fourth-order valence-corrected chi connectivity index (χ4v) is 1.94. The predicted molar refractivity (Wildman–Crippen MR) is 72.2 cm³/mol. The largest absolute Gasteiger partial charge is 0.388 e. The van der Waals surface area contributed by atoms with Gasteiger partial charge in [0.05, 0.1) is 12.3 Å². The van der Waals surface area contributed by atoms with E-state index in [9.17, 15) is 5.11 Å². The maximum atomic E-state index is 10.1. The van der Waals surface area contributed by atoms with Gasteiger partial charge in [-0.3, -0.25) is 5.10 Å². The first kappa shape index (κ1) is 12.6. The van der Waals surface area contributed by atoms with Crippen molar-refractivity contribution in [2.45, 2.75) is 32.3 Å². The van der Waals surface area contributed by atoms with Gasteiger partial charge < -0.3 is 10.8 Å². The molecule has 0 bridgehead atoms. The van der Waals surface area contributed by atoms with Crippen LogP contribution < -0.4 is 5.73 Å². The van der Waals surface area contributed by atoms with Crippen LogP contribution in [0.1, 0.15) is 42.6 Å². The molecule has 0 spiro atoms. The van der Waals surface area contributed by atoms with Crippen LogP contribution in [-0.2, 0) is 6.42 Å². The third kappa shape index (κ3) is 2.71. The van der Waals surface area contributed by atoms with Crippen LogP contribution in [0, 0.1) is 0 Å². The van der Waals surface area contributed by atoms with Crippen molar-refractivity contribution in [1.82, 2.24) is 10.2 Å². The number of benzene rings is 1. The summed E-state index contributed by atoms with van der Waals surface area (Å²) in [5, 5.41) is 16.5. The van der Waals surface area contributed by atoms with Crippen molar-refractivity contribution in [3.05, 3.63) is 47.2 Å². The molecule has 1 heterocycles. The maximum absolute atomic E-state index is 10.1. The summed E-state index contributed by atoms with van der Waals surface area (Å²) in [6.07, 6.45) is 1.50. The Kier molecular flexibility index (Phi) is 3.67. The average molecular weight is 245 g/mol. The van der Waals surface area contributed by atoms with E-state index in [-0.39, 0.29) is 0 Å². The molecule has 1 atom stereocenters. The molecule has 4 heteroatoms. The highest BCUT2D eigenvalue weighted by atomic mass is 16.3. The van der Waals surface area contributed by atoms with Gasteiger partial charge in [-0.2, -0.15) is 5.10 Å². The SMILES string of the molecule is CC(C)c1ccc(CC(O)c2cn[nH]c2N)cc1. The first-order valence-corrected chi connectivity index (χ1v) is 6.13. The molecule has 4 nitrogen and oxygen atoms in total. The van der Waals surface area contributed by atoms with Crippen molar-refractivity contribution in [2.24, 2.45) is 0 Å². The van der Waals surface area contributed by atoms with Crippen LogP contribution in [0.5, 0.6) is 0 Å². The average Bonchev–Trinajstić information content (AvgIpc) is 2.76. The molecule has 0 fully saturated rings. The molecule has 18 heavy (non-hydrogen) atoms. The molecule has 0 amide bonds. The number of hydrogen-bond donors (Lipinski definition) is 3. The van der Waals surface area contributed by atoms with Gasteiger partial charge in [-0.05, 0) is 17.0 Å². The fraction of sp³-hybridized carbons (Fsp3) is 0.357. The number of aromatic amines is 1. The summed E-state index contributed by atoms with van der Waals surface area (Å²) >= 11 is 0. The molecule has 2 rings (SSSR count). The van der Waals surface area contributed by atoms with E-state index in [1.165, 1.54) is 5.56 Å². The summed E-state index contributed by atoms with van der Waals surface area (Å²) in [7, 11) is 0. The van der Waals surface area contributed by atoms with E-state index in [1.54, 1.807) is 6.20 Å². The second-order valence-electron chi connectivity index (χ2n) is 4.86. The number of nitrogens with zero attached hydrogens (tertiary/aromatic N) is 1. The quantitative estimate of drug-likeness (QED) is 0.774. The Bertz CT molecular complexity index is 502. The highest BCUT2D eigenvalue weighted by Crippen LogP contribution is 2.22. The molecule has 2 aromatic rings. The molecule has 1 aromatic heterocycles. The van der Waals surface area contributed by atoms with Gasteiger partial charge in [0, 0.05) is 12.0 Å². The third-order valence-corrected chi connectivity index (χ3v) is 3.13. The van der Waals surface area contributed by atoms with Crippen LogP contribution in [0.2, 0.25) is 0 Å². The number of H-pyrrole nitrogens is 1. The van der Waals surface area contributed by atoms with Crippen molar-refractivity contribution >= 4 is 5.82 Å². The standard InChI is InChI=1S/C14H19N3O/c1-9(2)11-5-3-10(4-6-11)7-13(18)12-8-16-17-14(12)15/h3-6,8-9,13,18H,7H2,1-2H3,(H3,15,16,17). The molecule has 96 valence electrons. The molecule has 1 aromatic carbocycles. The van der Waals surface area contributed by atoms with Gasteiger partial charge in [0.2, 0.25) is 0 Å². The number of nitrogens with one attached hydrogen (secondary N) is 1. The number of aliphatic hydroxyl groups excluding tert-OH is 1. The van der Waals surface area contributed by atoms with E-state index in [0.717, 1.165) is 5.56 Å². The highest BCUT2D eigenvalue weighted by molar-refractivity contribution is 5.39. The number of rotatable bonds is 4. The van der Waals surface area contributed by atoms with Crippen molar-refractivity contribution in [1.29, 1.82) is 0 Å². The molecule has 0 aliphatic carbocycles. The summed E-state index contributed by atoms with van der Waals surface area (Å²) in [6.45, 7) is 4.33. The zero-order valence-corrected chi connectivity index (χ0v) is 10.7. The number of nitrogen functional groups attached to an aromatic ring is 1. The second kappa shape index (κ2) is 5.23. The number of aliphatic hydroxyl groups is 1. The lowest BCUT2D eigenvalue weighted by atomic mass is 9.98. The zero-order valence-electron chi connectivity index (χ0n) is 10.7. The van der Waals surface area contributed by atoms with E-state index in [1.807, 2.05) is 0 Å². The minimum Gasteiger partial charge on any atom is -0.388 e. The summed E-state index contributed by atoms with van der Waals surface area (Å²) in [5.74, 6) is 0.954. The van der Waals surface area contributed by atoms with Gasteiger partial charge in [0.15, 0.2) is 0 Å². The highest BCUT2D eigenvalue weighted by Gasteiger charge is 2.13. The molecule has 1 unspecified atom stereocenters. The number of hydrogen-bond acceptors (Lipinski definition) is 3. The Morgan fingerprint density at radius 2 is 1.94 bits per heavy atom. The lowest BCUT2D eigenvalue weighted by molar-refractivity contribution is 0.179. The monoisotopic (exact) mass is 245 g/mol. The van der Waals surface area contributed by atoms with Crippen LogP contribution in [0.4, 0.5) is 5.82 Å². The first-order valence-electron chi connectivity index (χ1n) is 6.13. The Morgan fingerprint density at radius 1 is 1.28 bits per heavy atom. The minimum atomic E-state index is -0.617. The summed E-state index contributed by atoms with van der Waals surface area (Å²) in [5.41, 5.74) is 8.73. The van der Waals surface area contributed by atoms with Gasteiger partial charge in [0.1, 0.15) is 5.82 Å². The van der Waals surface area contributed by atoms with Crippen molar-refractivity contribution < 1.29 is 5.11 Å². The van der Waals surface area contributed by atoms with Crippen LogP contribution in [0.3, 0.4) is 0 Å². The van der Waals surface area contributed by atoms with E-state index >= 15 is 0 Å². The van der Waals surface area contributed by atoms with Crippen LogP contribution in [-0.4, -0.2) is 15.3 Å². The van der Waals surface area contributed by atoms with E-state index in [0.29, 0.717) is 23.7 Å². The lowest BCUT2D eigenvalue weighted by Gasteiger charge is -2.11. The van der Waals surface area contributed by atoms with Gasteiger partial charge in [-0.1, -0.05) is 38.1 Å². The molecule has 0 saturated carbocycles. The predicted octanol–water partition coefficient (Wildman–Crippen LogP) is 2.39. The Morgan fingerprint density at radius 3 is 2.44 bits per heavy atom. The summed E-state index contributed by atoms with van der Waals surface area (Å²) in [6, 6.07) is 8.31. The van der Waals surface area contributed by atoms with E-state index in [4.69, 9.17) is 5.73 Å². The third-order valence-electron chi connectivity index (χ3n) is 3.13. The fourth-order valence-electron chi connectivity index (χ4n) is 1.94. The van der Waals surface area contributed by atoms with Gasteiger partial charge in [-0.25, -0.2) is 0 Å². The smallest absolute Gasteiger partial charge is 0.124 e. The summed E-state index contributed by atoms with van der Waals surface area (Å²) in [4.78, 5) is 0. The molecule has 4 N–H and O–H groups in total. The van der Waals surface area contributed by atoms with Gasteiger partial charge in [-0.15, -0.1) is 0 Å². The first-order chi connectivity index (χ1) is 8.58. The molecule has 0 saturated heterocycles. The number of aromatic nitrogens is 2. The van der Waals surface area contributed by atoms with Crippen molar-refractivity contribution in [3.63, 3.8) is 0 Å². The van der Waals surface area contributed by atoms with Crippen LogP contribution in [0.15, 0.2) is 30.5 Å². The lowest BCUT2D eigenvalue weighted by Crippen LogP contribution is -2.04. The molecule has 0 aliphatic rings. The van der Waals surface area contributed by atoms with Gasteiger partial charge >= 0.3 is 0 Å². The Hall–Kier alpha value is -1.81. The minimum absolute atomic E-state index is 0.432. The molecule has 0 aliphatic heterocycles. The maximum Gasteiger partial charge on any atom is 0.124 e. The second-order valence-corrected chi connectivity index (χ2v) is 4.86. The molecule has 0 radical (unpaired) electrons. The van der Waals surface area contributed by atoms with Gasteiger partial charge in [0.25, 0.3) is 0 Å². The van der Waals surface area contributed by atoms with Crippen molar-refractivity contribution in [3.8, 4) is 0 Å². The van der Waals surface area contributed by atoms with E-state index < -0.39 is 6.10 Å². The van der Waals surface area contributed by atoms with Crippen LogP contribution >= 0.6 is 0 Å². The normalized spacial score (nSPS) is 12.9. The topological polar surface area (TPSA) is 74.9 Å². The van der Waals surface area contributed by atoms with Crippen molar-refractivity contribution in [2.75, 3.05) is 5.73 Å². The number of nitrogens with two attached hydrogens (primary N) is 1. The Labute approximate surface area is 107 Å². The van der Waals surface area contributed by atoms with E-state index in [2.05, 4.69) is 48.3 Å². The summed E-state index contributed by atoms with van der Waals surface area (Å²) < 4.78 is 0. The Balaban J connectivity index is 2.08. The van der Waals surface area contributed by atoms with Crippen LogP contribution in [0.25, 0.3) is 0 Å². The molecular formula is C14H19N3O. The number of anilines is 1.